The highest BCUT2D eigenvalue weighted by atomic mass is 16.4. The van der Waals surface area contributed by atoms with Gasteiger partial charge < -0.3 is 10.0 Å². The molecule has 2 aliphatic rings. The Morgan fingerprint density at radius 2 is 2.29 bits per heavy atom. The maximum Gasteiger partial charge on any atom is 0.354 e. The summed E-state index contributed by atoms with van der Waals surface area (Å²) < 4.78 is 0. The topological polar surface area (TPSA) is 56.7 Å². The van der Waals surface area contributed by atoms with Gasteiger partial charge in [-0.1, -0.05) is 0 Å². The average molecular weight is 289 g/mol. The molecule has 21 heavy (non-hydrogen) atoms. The second-order valence-corrected chi connectivity index (χ2v) is 6.33. The Morgan fingerprint density at radius 3 is 3.10 bits per heavy atom. The van der Waals surface area contributed by atoms with Crippen molar-refractivity contribution in [1.82, 2.24) is 14.8 Å². The van der Waals surface area contributed by atoms with Gasteiger partial charge >= 0.3 is 5.97 Å². The molecule has 0 radical (unpaired) electrons. The number of piperidine rings is 2. The summed E-state index contributed by atoms with van der Waals surface area (Å²) in [6.45, 7) is 4.28. The van der Waals surface area contributed by atoms with Crippen molar-refractivity contribution in [1.29, 1.82) is 0 Å². The Balaban J connectivity index is 1.64. The number of hydrogen-bond acceptors (Lipinski definition) is 4. The first-order valence-electron chi connectivity index (χ1n) is 7.74. The van der Waals surface area contributed by atoms with Gasteiger partial charge in [0.1, 0.15) is 5.69 Å². The zero-order valence-corrected chi connectivity index (χ0v) is 12.5. The highest BCUT2D eigenvalue weighted by Crippen LogP contribution is 2.30. The van der Waals surface area contributed by atoms with Crippen molar-refractivity contribution in [2.75, 3.05) is 26.7 Å². The monoisotopic (exact) mass is 289 g/mol. The molecule has 2 fully saturated rings. The van der Waals surface area contributed by atoms with Crippen LogP contribution in [0.25, 0.3) is 0 Å². The van der Waals surface area contributed by atoms with Gasteiger partial charge in [-0.05, 0) is 63.0 Å². The van der Waals surface area contributed by atoms with Crippen molar-refractivity contribution < 1.29 is 9.90 Å². The van der Waals surface area contributed by atoms with Crippen molar-refractivity contribution >= 4 is 5.97 Å². The Labute approximate surface area is 125 Å². The van der Waals surface area contributed by atoms with Gasteiger partial charge in [0.05, 0.1) is 0 Å². The molecule has 0 spiro atoms. The van der Waals surface area contributed by atoms with Gasteiger partial charge in [0.25, 0.3) is 0 Å². The van der Waals surface area contributed by atoms with E-state index in [1.54, 1.807) is 12.3 Å². The molecule has 3 heterocycles. The Bertz CT molecular complexity index is 520. The molecule has 0 bridgehead atoms. The van der Waals surface area contributed by atoms with E-state index in [0.29, 0.717) is 0 Å². The van der Waals surface area contributed by atoms with Crippen LogP contribution in [-0.4, -0.2) is 58.6 Å². The van der Waals surface area contributed by atoms with Gasteiger partial charge in [0.15, 0.2) is 0 Å². The number of rotatable bonds is 3. The standard InChI is InChI=1S/C16H23N3O2/c1-18-7-2-3-13-11-19(8-5-15(13)18)10-12-4-6-17-14(9-12)16(20)21/h4,6,9,13,15H,2-3,5,7-8,10-11H2,1H3,(H,20,21). The summed E-state index contributed by atoms with van der Waals surface area (Å²) in [4.78, 5) is 19.8. The zero-order chi connectivity index (χ0) is 14.8. The Morgan fingerprint density at radius 1 is 1.43 bits per heavy atom. The fourth-order valence-electron chi connectivity index (χ4n) is 3.82. The van der Waals surface area contributed by atoms with E-state index in [2.05, 4.69) is 21.8 Å². The van der Waals surface area contributed by atoms with Gasteiger partial charge in [-0.2, -0.15) is 0 Å². The molecule has 2 aliphatic heterocycles. The molecule has 0 aromatic carbocycles. The molecular weight excluding hydrogens is 266 g/mol. The van der Waals surface area contributed by atoms with E-state index >= 15 is 0 Å². The minimum absolute atomic E-state index is 0.139. The average Bonchev–Trinajstić information content (AvgIpc) is 2.47. The minimum atomic E-state index is -0.954. The van der Waals surface area contributed by atoms with Crippen LogP contribution < -0.4 is 0 Å². The number of hydrogen-bond donors (Lipinski definition) is 1. The molecule has 1 aromatic rings. The van der Waals surface area contributed by atoms with Crippen LogP contribution in [0, 0.1) is 5.92 Å². The number of fused-ring (bicyclic) bond motifs is 1. The molecule has 114 valence electrons. The third kappa shape index (κ3) is 3.24. The molecule has 2 saturated heterocycles. The zero-order valence-electron chi connectivity index (χ0n) is 12.5. The van der Waals surface area contributed by atoms with Crippen molar-refractivity contribution in [3.8, 4) is 0 Å². The molecular formula is C16H23N3O2. The number of carbonyl (C=O) groups is 1. The maximum atomic E-state index is 11.0. The van der Waals surface area contributed by atoms with E-state index in [-0.39, 0.29) is 5.69 Å². The minimum Gasteiger partial charge on any atom is -0.477 e. The summed E-state index contributed by atoms with van der Waals surface area (Å²) >= 11 is 0. The van der Waals surface area contributed by atoms with Crippen LogP contribution >= 0.6 is 0 Å². The van der Waals surface area contributed by atoms with Gasteiger partial charge in [0, 0.05) is 25.3 Å². The molecule has 2 atom stereocenters. The molecule has 3 rings (SSSR count). The fourth-order valence-corrected chi connectivity index (χ4v) is 3.82. The number of aromatic carboxylic acids is 1. The van der Waals surface area contributed by atoms with Crippen LogP contribution in [0.3, 0.4) is 0 Å². The lowest BCUT2D eigenvalue weighted by Gasteiger charge is -2.46. The number of aromatic nitrogens is 1. The highest BCUT2D eigenvalue weighted by molar-refractivity contribution is 5.85. The number of nitrogens with zero attached hydrogens (tertiary/aromatic N) is 3. The predicted molar refractivity (Wildman–Crippen MR) is 80.2 cm³/mol. The Hall–Kier alpha value is -1.46. The fraction of sp³-hybridized carbons (Fsp3) is 0.625. The highest BCUT2D eigenvalue weighted by Gasteiger charge is 2.34. The molecule has 0 aliphatic carbocycles. The van der Waals surface area contributed by atoms with Crippen molar-refractivity contribution in [2.24, 2.45) is 5.92 Å². The SMILES string of the molecule is CN1CCCC2CN(Cc3ccnc(C(=O)O)c3)CCC21. The quantitative estimate of drug-likeness (QED) is 0.918. The van der Waals surface area contributed by atoms with E-state index in [1.807, 2.05) is 6.07 Å². The lowest BCUT2D eigenvalue weighted by Crippen LogP contribution is -2.52. The third-order valence-electron chi connectivity index (χ3n) is 4.88. The molecule has 1 aromatic heterocycles. The molecule has 5 heteroatoms. The van der Waals surface area contributed by atoms with Gasteiger partial charge in [-0.3, -0.25) is 4.90 Å². The van der Waals surface area contributed by atoms with E-state index in [0.717, 1.165) is 37.2 Å². The van der Waals surface area contributed by atoms with Gasteiger partial charge in [-0.25, -0.2) is 9.78 Å². The van der Waals surface area contributed by atoms with Crippen LogP contribution in [0.2, 0.25) is 0 Å². The molecule has 1 N–H and O–H groups in total. The first kappa shape index (κ1) is 14.5. The summed E-state index contributed by atoms with van der Waals surface area (Å²) in [6.07, 6.45) is 5.43. The number of carboxylic acids is 1. The Kier molecular flexibility index (Phi) is 4.22. The first-order valence-corrected chi connectivity index (χ1v) is 7.74. The molecule has 2 unspecified atom stereocenters. The molecule has 0 amide bonds. The molecule has 5 nitrogen and oxygen atoms in total. The summed E-state index contributed by atoms with van der Waals surface area (Å²) in [5.74, 6) is -0.192. The van der Waals surface area contributed by atoms with Crippen LogP contribution in [0.15, 0.2) is 18.3 Å². The van der Waals surface area contributed by atoms with Crippen LogP contribution in [0.4, 0.5) is 0 Å². The number of pyridine rings is 1. The van der Waals surface area contributed by atoms with E-state index in [9.17, 15) is 4.79 Å². The van der Waals surface area contributed by atoms with E-state index in [4.69, 9.17) is 5.11 Å². The second kappa shape index (κ2) is 6.12. The van der Waals surface area contributed by atoms with Crippen molar-refractivity contribution in [2.45, 2.75) is 31.8 Å². The van der Waals surface area contributed by atoms with Gasteiger partial charge in [0.2, 0.25) is 0 Å². The normalized spacial score (nSPS) is 27.3. The largest absolute Gasteiger partial charge is 0.477 e. The molecule has 0 saturated carbocycles. The van der Waals surface area contributed by atoms with Crippen LogP contribution in [-0.2, 0) is 6.54 Å². The van der Waals surface area contributed by atoms with Crippen LogP contribution in [0.5, 0.6) is 0 Å². The summed E-state index contributed by atoms with van der Waals surface area (Å²) in [5.41, 5.74) is 1.18. The van der Waals surface area contributed by atoms with Crippen molar-refractivity contribution in [3.63, 3.8) is 0 Å². The third-order valence-corrected chi connectivity index (χ3v) is 4.88. The first-order chi connectivity index (χ1) is 10.1. The number of likely N-dealkylation sites (tertiary alicyclic amines) is 2. The van der Waals surface area contributed by atoms with Crippen LogP contribution in [0.1, 0.15) is 35.3 Å². The number of carboxylic acid groups (broad SMARTS) is 1. The second-order valence-electron chi connectivity index (χ2n) is 6.33. The summed E-state index contributed by atoms with van der Waals surface area (Å²) in [6, 6.07) is 4.36. The van der Waals surface area contributed by atoms with Gasteiger partial charge in [-0.15, -0.1) is 0 Å². The smallest absolute Gasteiger partial charge is 0.354 e. The predicted octanol–water partition coefficient (Wildman–Crippen LogP) is 1.70. The summed E-state index contributed by atoms with van der Waals surface area (Å²) in [5, 5.41) is 9.02. The lowest BCUT2D eigenvalue weighted by molar-refractivity contribution is 0.0354. The van der Waals surface area contributed by atoms with E-state index in [1.165, 1.54) is 25.8 Å². The van der Waals surface area contributed by atoms with E-state index < -0.39 is 5.97 Å². The maximum absolute atomic E-state index is 11.0. The lowest BCUT2D eigenvalue weighted by atomic mass is 9.84. The summed E-state index contributed by atoms with van der Waals surface area (Å²) in [7, 11) is 2.24. The van der Waals surface area contributed by atoms with Crippen molar-refractivity contribution in [3.05, 3.63) is 29.6 Å².